The van der Waals surface area contributed by atoms with Gasteiger partial charge in [0.25, 0.3) is 0 Å². The fourth-order valence-electron chi connectivity index (χ4n) is 3.66. The van der Waals surface area contributed by atoms with Crippen LogP contribution in [0.25, 0.3) is 0 Å². The van der Waals surface area contributed by atoms with Gasteiger partial charge in [0.1, 0.15) is 0 Å². The number of fused-ring (bicyclic) bond motifs is 1. The third-order valence-electron chi connectivity index (χ3n) is 4.43. The van der Waals surface area contributed by atoms with Gasteiger partial charge in [0, 0.05) is 38.3 Å². The summed E-state index contributed by atoms with van der Waals surface area (Å²) >= 11 is 0. The van der Waals surface area contributed by atoms with Crippen LogP contribution in [0.15, 0.2) is 0 Å². The molecule has 0 bridgehead atoms. The molecule has 0 aromatic heterocycles. The summed E-state index contributed by atoms with van der Waals surface area (Å²) in [5.74, 6) is 1.78. The molecule has 3 saturated heterocycles. The molecule has 2 N–H and O–H groups in total. The average molecular weight is 225 g/mol. The first kappa shape index (κ1) is 11.0. The fraction of sp³-hybridized carbons (Fsp3) is 1.00. The van der Waals surface area contributed by atoms with E-state index >= 15 is 0 Å². The molecule has 0 amide bonds. The maximum Gasteiger partial charge on any atom is 0.0623 e. The van der Waals surface area contributed by atoms with Crippen molar-refractivity contribution in [1.29, 1.82) is 0 Å². The topological polar surface area (TPSA) is 41.7 Å². The minimum absolute atomic E-state index is 0.252. The minimum atomic E-state index is 0.252. The van der Waals surface area contributed by atoms with E-state index in [1.54, 1.807) is 0 Å². The molecule has 3 aliphatic heterocycles. The lowest BCUT2D eigenvalue weighted by molar-refractivity contribution is 0.0121. The molecule has 92 valence electrons. The molecule has 3 heterocycles. The monoisotopic (exact) mass is 225 g/mol. The smallest absolute Gasteiger partial charge is 0.0623 e. The summed E-state index contributed by atoms with van der Waals surface area (Å²) in [5.41, 5.74) is 5.97. The Morgan fingerprint density at radius 3 is 2.38 bits per heavy atom. The molecular formula is C12H23N3O. The van der Waals surface area contributed by atoms with Crippen LogP contribution in [0.1, 0.15) is 6.42 Å². The SMILES string of the molecule is CN1CC2CN(C3COCC(N)C3)CC2C1. The highest BCUT2D eigenvalue weighted by atomic mass is 16.5. The summed E-state index contributed by atoms with van der Waals surface area (Å²) in [6.45, 7) is 6.72. The van der Waals surface area contributed by atoms with Crippen molar-refractivity contribution in [1.82, 2.24) is 9.80 Å². The van der Waals surface area contributed by atoms with E-state index in [0.29, 0.717) is 6.04 Å². The second-order valence-corrected chi connectivity index (χ2v) is 5.88. The first-order valence-corrected chi connectivity index (χ1v) is 6.48. The van der Waals surface area contributed by atoms with Gasteiger partial charge in [-0.1, -0.05) is 0 Å². The number of hydrogen-bond acceptors (Lipinski definition) is 4. The summed E-state index contributed by atoms with van der Waals surface area (Å²) in [6, 6.07) is 0.835. The van der Waals surface area contributed by atoms with Gasteiger partial charge in [-0.05, 0) is 25.3 Å². The molecule has 0 radical (unpaired) electrons. The van der Waals surface area contributed by atoms with Crippen molar-refractivity contribution < 1.29 is 4.74 Å². The van der Waals surface area contributed by atoms with Gasteiger partial charge in [0.15, 0.2) is 0 Å². The third-order valence-corrected chi connectivity index (χ3v) is 4.43. The maximum absolute atomic E-state index is 5.97. The van der Waals surface area contributed by atoms with E-state index in [-0.39, 0.29) is 6.04 Å². The Morgan fingerprint density at radius 1 is 1.06 bits per heavy atom. The highest BCUT2D eigenvalue weighted by Gasteiger charge is 2.41. The van der Waals surface area contributed by atoms with E-state index < -0.39 is 0 Å². The van der Waals surface area contributed by atoms with Crippen LogP contribution in [-0.2, 0) is 4.74 Å². The van der Waals surface area contributed by atoms with Gasteiger partial charge in [-0.15, -0.1) is 0 Å². The predicted octanol–water partition coefficient (Wildman–Crippen LogP) is -0.404. The molecule has 4 nitrogen and oxygen atoms in total. The van der Waals surface area contributed by atoms with E-state index in [4.69, 9.17) is 10.5 Å². The minimum Gasteiger partial charge on any atom is -0.378 e. The second kappa shape index (κ2) is 4.26. The number of ether oxygens (including phenoxy) is 1. The first-order valence-electron chi connectivity index (χ1n) is 6.48. The summed E-state index contributed by atoms with van der Waals surface area (Å²) < 4.78 is 5.57. The number of nitrogens with two attached hydrogens (primary N) is 1. The molecule has 4 heteroatoms. The van der Waals surface area contributed by atoms with Crippen molar-refractivity contribution in [3.8, 4) is 0 Å². The van der Waals surface area contributed by atoms with Gasteiger partial charge >= 0.3 is 0 Å². The Balaban J connectivity index is 1.58. The van der Waals surface area contributed by atoms with Crippen molar-refractivity contribution in [2.75, 3.05) is 46.4 Å². The molecule has 3 aliphatic rings. The highest BCUT2D eigenvalue weighted by Crippen LogP contribution is 2.32. The Hall–Kier alpha value is -0.160. The van der Waals surface area contributed by atoms with Crippen LogP contribution < -0.4 is 5.73 Å². The van der Waals surface area contributed by atoms with Crippen LogP contribution >= 0.6 is 0 Å². The molecule has 0 saturated carbocycles. The molecule has 4 unspecified atom stereocenters. The summed E-state index contributed by atoms with van der Waals surface area (Å²) in [6.07, 6.45) is 1.12. The van der Waals surface area contributed by atoms with Crippen molar-refractivity contribution in [2.45, 2.75) is 18.5 Å². The van der Waals surface area contributed by atoms with Crippen LogP contribution in [-0.4, -0.2) is 68.3 Å². The Bertz CT molecular complexity index is 247. The number of nitrogens with zero attached hydrogens (tertiary/aromatic N) is 2. The van der Waals surface area contributed by atoms with Crippen LogP contribution in [0.4, 0.5) is 0 Å². The second-order valence-electron chi connectivity index (χ2n) is 5.88. The fourth-order valence-corrected chi connectivity index (χ4v) is 3.66. The molecule has 0 aromatic carbocycles. The molecule has 16 heavy (non-hydrogen) atoms. The summed E-state index contributed by atoms with van der Waals surface area (Å²) in [5, 5.41) is 0. The molecule has 3 rings (SSSR count). The van der Waals surface area contributed by atoms with Crippen LogP contribution in [0.5, 0.6) is 0 Å². The summed E-state index contributed by atoms with van der Waals surface area (Å²) in [4.78, 5) is 5.09. The van der Waals surface area contributed by atoms with Gasteiger partial charge in [0.05, 0.1) is 13.2 Å². The molecule has 0 spiro atoms. The van der Waals surface area contributed by atoms with E-state index in [2.05, 4.69) is 16.8 Å². The lowest BCUT2D eigenvalue weighted by Crippen LogP contribution is -2.47. The average Bonchev–Trinajstić information content (AvgIpc) is 2.74. The van der Waals surface area contributed by atoms with E-state index in [9.17, 15) is 0 Å². The summed E-state index contributed by atoms with van der Waals surface area (Å²) in [7, 11) is 2.24. The number of hydrogen-bond donors (Lipinski definition) is 1. The standard InChI is InChI=1S/C12H23N3O/c1-14-3-9-5-15(6-10(9)4-14)12-2-11(13)7-16-8-12/h9-12H,2-8,13H2,1H3. The van der Waals surface area contributed by atoms with Gasteiger partial charge in [0.2, 0.25) is 0 Å². The first-order chi connectivity index (χ1) is 7.72. The van der Waals surface area contributed by atoms with Gasteiger partial charge in [-0.25, -0.2) is 0 Å². The maximum atomic E-state index is 5.97. The number of likely N-dealkylation sites (tertiary alicyclic amines) is 2. The van der Waals surface area contributed by atoms with Gasteiger partial charge in [-0.3, -0.25) is 4.90 Å². The normalized spacial score (nSPS) is 46.1. The molecule has 0 aliphatic carbocycles. The van der Waals surface area contributed by atoms with Crippen LogP contribution in [0, 0.1) is 11.8 Å². The zero-order valence-electron chi connectivity index (χ0n) is 10.1. The van der Waals surface area contributed by atoms with Crippen molar-refractivity contribution in [3.05, 3.63) is 0 Å². The lowest BCUT2D eigenvalue weighted by atomic mass is 10.0. The Morgan fingerprint density at radius 2 is 1.75 bits per heavy atom. The Labute approximate surface area is 97.7 Å². The largest absolute Gasteiger partial charge is 0.378 e. The molecule has 3 fully saturated rings. The zero-order chi connectivity index (χ0) is 11.1. The molecule has 4 atom stereocenters. The lowest BCUT2D eigenvalue weighted by Gasteiger charge is -2.34. The van der Waals surface area contributed by atoms with E-state index in [0.717, 1.165) is 31.5 Å². The van der Waals surface area contributed by atoms with Crippen LogP contribution in [0.2, 0.25) is 0 Å². The van der Waals surface area contributed by atoms with Crippen molar-refractivity contribution in [3.63, 3.8) is 0 Å². The van der Waals surface area contributed by atoms with E-state index in [1.165, 1.54) is 26.2 Å². The van der Waals surface area contributed by atoms with E-state index in [1.807, 2.05) is 0 Å². The highest BCUT2D eigenvalue weighted by molar-refractivity contribution is 4.95. The van der Waals surface area contributed by atoms with Crippen molar-refractivity contribution >= 4 is 0 Å². The molecule has 0 aromatic rings. The van der Waals surface area contributed by atoms with Gasteiger partial charge in [-0.2, -0.15) is 0 Å². The number of rotatable bonds is 1. The molecular weight excluding hydrogens is 202 g/mol. The Kier molecular flexibility index (Phi) is 2.92. The third kappa shape index (κ3) is 1.99. The quantitative estimate of drug-likeness (QED) is 0.659. The van der Waals surface area contributed by atoms with Crippen LogP contribution in [0.3, 0.4) is 0 Å². The zero-order valence-corrected chi connectivity index (χ0v) is 10.1. The predicted molar refractivity (Wildman–Crippen MR) is 63.2 cm³/mol. The van der Waals surface area contributed by atoms with Crippen molar-refractivity contribution in [2.24, 2.45) is 17.6 Å². The van der Waals surface area contributed by atoms with Gasteiger partial charge < -0.3 is 15.4 Å².